The van der Waals surface area contributed by atoms with Crippen LogP contribution in [0.15, 0.2) is 0 Å². The van der Waals surface area contributed by atoms with E-state index < -0.39 is 0 Å². The number of hydrogen-bond donors (Lipinski definition) is 1. The maximum absolute atomic E-state index is 4.53. The molecule has 2 rings (SSSR count). The fourth-order valence-electron chi connectivity index (χ4n) is 2.09. The van der Waals surface area contributed by atoms with Gasteiger partial charge in [0, 0.05) is 19.6 Å². The van der Waals surface area contributed by atoms with Gasteiger partial charge in [-0.3, -0.25) is 0 Å². The van der Waals surface area contributed by atoms with E-state index >= 15 is 0 Å². The lowest BCUT2D eigenvalue weighted by Crippen LogP contribution is -2.29. The lowest BCUT2D eigenvalue weighted by atomic mass is 10.0. The molecule has 0 aliphatic carbocycles. The first-order valence-electron chi connectivity index (χ1n) is 5.39. The first kappa shape index (κ1) is 10.5. The Morgan fingerprint density at radius 1 is 1.40 bits per heavy atom. The van der Waals surface area contributed by atoms with Crippen LogP contribution in [0.5, 0.6) is 0 Å². The number of hydrogen-bond acceptors (Lipinski definition) is 4. The van der Waals surface area contributed by atoms with Crippen molar-refractivity contribution in [3.8, 4) is 0 Å². The number of rotatable bonds is 2. The molecule has 15 heavy (non-hydrogen) atoms. The molecule has 0 bridgehead atoms. The Labute approximate surface area is 90.7 Å². The number of nitrogens with zero attached hydrogens (tertiary/aromatic N) is 3. The molecule has 0 radical (unpaired) electrons. The van der Waals surface area contributed by atoms with Crippen molar-refractivity contribution < 1.29 is 0 Å². The van der Waals surface area contributed by atoms with Gasteiger partial charge in [0.1, 0.15) is 5.82 Å². The van der Waals surface area contributed by atoms with Crippen molar-refractivity contribution in [1.82, 2.24) is 20.2 Å². The van der Waals surface area contributed by atoms with Gasteiger partial charge in [0.05, 0.1) is 11.4 Å². The fraction of sp³-hybridized carbons (Fsp3) is 0.636. The van der Waals surface area contributed by atoms with Gasteiger partial charge in [0.15, 0.2) is 0 Å². The zero-order chi connectivity index (χ0) is 10.8. The molecule has 1 aromatic rings. The summed E-state index contributed by atoms with van der Waals surface area (Å²) in [5.41, 5.74) is 3.74. The molecular formula is C11H18N4. The summed E-state index contributed by atoms with van der Waals surface area (Å²) in [6.07, 6.45) is 1.07. The van der Waals surface area contributed by atoms with Crippen molar-refractivity contribution in [2.75, 3.05) is 20.6 Å². The van der Waals surface area contributed by atoms with E-state index in [1.807, 2.05) is 14.0 Å². The van der Waals surface area contributed by atoms with Crippen molar-refractivity contribution in [1.29, 1.82) is 0 Å². The van der Waals surface area contributed by atoms with Crippen LogP contribution in [0, 0.1) is 6.92 Å². The lowest BCUT2D eigenvalue weighted by molar-refractivity contribution is 0.305. The standard InChI is InChI=1S/C11H18N4/c1-8-13-10(6-12-2)9-4-5-15(3)7-11(9)14-8/h12H,4-7H2,1-3H3. The summed E-state index contributed by atoms with van der Waals surface area (Å²) in [5.74, 6) is 0.884. The predicted molar refractivity (Wildman–Crippen MR) is 59.6 cm³/mol. The highest BCUT2D eigenvalue weighted by atomic mass is 15.1. The average Bonchev–Trinajstić information content (AvgIpc) is 2.17. The Bertz CT molecular complexity index is 345. The Hall–Kier alpha value is -1.00. The molecule has 0 amide bonds. The maximum atomic E-state index is 4.53. The molecule has 0 spiro atoms. The van der Waals surface area contributed by atoms with Gasteiger partial charge in [0.2, 0.25) is 0 Å². The van der Waals surface area contributed by atoms with Gasteiger partial charge in [-0.25, -0.2) is 9.97 Å². The highest BCUT2D eigenvalue weighted by Crippen LogP contribution is 2.18. The van der Waals surface area contributed by atoms with Gasteiger partial charge in [-0.1, -0.05) is 0 Å². The summed E-state index contributed by atoms with van der Waals surface area (Å²) in [4.78, 5) is 11.3. The van der Waals surface area contributed by atoms with E-state index in [1.54, 1.807) is 0 Å². The van der Waals surface area contributed by atoms with Crippen molar-refractivity contribution >= 4 is 0 Å². The Morgan fingerprint density at radius 3 is 2.93 bits per heavy atom. The molecule has 1 aromatic heterocycles. The van der Waals surface area contributed by atoms with E-state index in [9.17, 15) is 0 Å². The van der Waals surface area contributed by atoms with Crippen LogP contribution in [0.25, 0.3) is 0 Å². The van der Waals surface area contributed by atoms with E-state index in [-0.39, 0.29) is 0 Å². The second-order valence-electron chi connectivity index (χ2n) is 4.16. The van der Waals surface area contributed by atoms with Gasteiger partial charge >= 0.3 is 0 Å². The summed E-state index contributed by atoms with van der Waals surface area (Å²) in [6.45, 7) is 4.87. The van der Waals surface area contributed by atoms with E-state index in [4.69, 9.17) is 0 Å². The van der Waals surface area contributed by atoms with Crippen LogP contribution in [0.3, 0.4) is 0 Å². The Balaban J connectivity index is 2.39. The van der Waals surface area contributed by atoms with Crippen molar-refractivity contribution in [2.24, 2.45) is 0 Å². The molecule has 0 unspecified atom stereocenters. The van der Waals surface area contributed by atoms with Crippen molar-refractivity contribution in [3.05, 3.63) is 22.8 Å². The van der Waals surface area contributed by atoms with Gasteiger partial charge < -0.3 is 10.2 Å². The first-order chi connectivity index (χ1) is 7.20. The molecule has 0 saturated heterocycles. The molecule has 0 atom stereocenters. The van der Waals surface area contributed by atoms with Crippen LogP contribution in [0.4, 0.5) is 0 Å². The minimum Gasteiger partial charge on any atom is -0.314 e. The first-order valence-corrected chi connectivity index (χ1v) is 5.39. The second-order valence-corrected chi connectivity index (χ2v) is 4.16. The third kappa shape index (κ3) is 2.16. The van der Waals surface area contributed by atoms with Crippen molar-refractivity contribution in [3.63, 3.8) is 0 Å². The molecule has 1 aliphatic rings. The molecule has 2 heterocycles. The average molecular weight is 206 g/mol. The maximum Gasteiger partial charge on any atom is 0.125 e. The van der Waals surface area contributed by atoms with Crippen LogP contribution in [-0.4, -0.2) is 35.5 Å². The van der Waals surface area contributed by atoms with Crippen LogP contribution in [-0.2, 0) is 19.5 Å². The van der Waals surface area contributed by atoms with E-state index in [2.05, 4.69) is 27.2 Å². The second kappa shape index (κ2) is 4.24. The van der Waals surface area contributed by atoms with Gasteiger partial charge in [0.25, 0.3) is 0 Å². The highest BCUT2D eigenvalue weighted by molar-refractivity contribution is 5.28. The SMILES string of the molecule is CNCc1nc(C)nc2c1CCN(C)C2. The summed E-state index contributed by atoms with van der Waals surface area (Å²) >= 11 is 0. The summed E-state index contributed by atoms with van der Waals surface area (Å²) in [6, 6.07) is 0. The van der Waals surface area contributed by atoms with E-state index in [0.717, 1.165) is 31.9 Å². The monoisotopic (exact) mass is 206 g/mol. The molecular weight excluding hydrogens is 188 g/mol. The van der Waals surface area contributed by atoms with Gasteiger partial charge in [-0.15, -0.1) is 0 Å². The zero-order valence-electron chi connectivity index (χ0n) is 9.67. The molecule has 0 saturated carbocycles. The quantitative estimate of drug-likeness (QED) is 0.764. The van der Waals surface area contributed by atoms with E-state index in [0.29, 0.717) is 0 Å². The smallest absolute Gasteiger partial charge is 0.125 e. The molecule has 1 aliphatic heterocycles. The predicted octanol–water partition coefficient (Wildman–Crippen LogP) is 0.492. The summed E-state index contributed by atoms with van der Waals surface area (Å²) in [7, 11) is 4.09. The number of fused-ring (bicyclic) bond motifs is 1. The topological polar surface area (TPSA) is 41.1 Å². The van der Waals surface area contributed by atoms with Crippen LogP contribution in [0.2, 0.25) is 0 Å². The number of aryl methyl sites for hydroxylation is 1. The fourth-order valence-corrected chi connectivity index (χ4v) is 2.09. The van der Waals surface area contributed by atoms with Gasteiger partial charge in [-0.2, -0.15) is 0 Å². The lowest BCUT2D eigenvalue weighted by Gasteiger charge is -2.25. The summed E-state index contributed by atoms with van der Waals surface area (Å²) in [5, 5.41) is 3.17. The van der Waals surface area contributed by atoms with Crippen molar-refractivity contribution in [2.45, 2.75) is 26.4 Å². The molecule has 0 aromatic carbocycles. The third-order valence-electron chi connectivity index (χ3n) is 2.80. The van der Waals surface area contributed by atoms with E-state index in [1.165, 1.54) is 17.0 Å². The normalized spacial score (nSPS) is 16.5. The van der Waals surface area contributed by atoms with Crippen LogP contribution >= 0.6 is 0 Å². The molecule has 82 valence electrons. The summed E-state index contributed by atoms with van der Waals surface area (Å²) < 4.78 is 0. The minimum atomic E-state index is 0.843. The number of nitrogens with one attached hydrogen (secondary N) is 1. The molecule has 1 N–H and O–H groups in total. The molecule has 0 fully saturated rings. The highest BCUT2D eigenvalue weighted by Gasteiger charge is 2.18. The Morgan fingerprint density at radius 2 is 2.20 bits per heavy atom. The number of likely N-dealkylation sites (N-methyl/N-ethyl adjacent to an activating group) is 1. The third-order valence-corrected chi connectivity index (χ3v) is 2.80. The number of aromatic nitrogens is 2. The molecule has 4 nitrogen and oxygen atoms in total. The van der Waals surface area contributed by atoms with Crippen LogP contribution in [0.1, 0.15) is 22.8 Å². The largest absolute Gasteiger partial charge is 0.314 e. The molecule has 4 heteroatoms. The van der Waals surface area contributed by atoms with Crippen LogP contribution < -0.4 is 5.32 Å². The zero-order valence-corrected chi connectivity index (χ0v) is 9.67. The van der Waals surface area contributed by atoms with Gasteiger partial charge in [-0.05, 0) is 33.0 Å². The Kier molecular flexibility index (Phi) is 2.98. The minimum absolute atomic E-state index is 0.843.